The maximum absolute atomic E-state index is 13.0. The molecule has 0 saturated carbocycles. The van der Waals surface area contributed by atoms with Gasteiger partial charge in [-0.15, -0.1) is 15.3 Å². The molecule has 1 aliphatic heterocycles. The van der Waals surface area contributed by atoms with Crippen LogP contribution in [-0.4, -0.2) is 30.9 Å². The van der Waals surface area contributed by atoms with Crippen LogP contribution in [0, 0.1) is 0 Å². The van der Waals surface area contributed by atoms with Gasteiger partial charge in [0.1, 0.15) is 17.7 Å². The fourth-order valence-electron chi connectivity index (χ4n) is 7.54. The first-order valence-corrected chi connectivity index (χ1v) is 21.8. The average Bonchev–Trinajstić information content (AvgIpc) is 3.34. The Morgan fingerprint density at radius 2 is 1.18 bits per heavy atom. The molecule has 2 N–H and O–H groups in total. The second kappa shape index (κ2) is 20.9. The zero-order valence-electron chi connectivity index (χ0n) is 36.0. The lowest BCUT2D eigenvalue weighted by Crippen LogP contribution is -2.23. The van der Waals surface area contributed by atoms with Crippen molar-refractivity contribution in [1.29, 1.82) is 0 Å². The maximum atomic E-state index is 13.0. The second-order valence-corrected chi connectivity index (χ2v) is 15.5. The number of fused-ring (bicyclic) bond motifs is 1. The summed E-state index contributed by atoms with van der Waals surface area (Å²) in [5.41, 5.74) is 6.75. The Balaban J connectivity index is 0.874. The Morgan fingerprint density at radius 1 is 0.600 bits per heavy atom. The smallest absolute Gasteiger partial charge is 0.343 e. The molecule has 0 radical (unpaired) electrons. The molecular weight excluding hydrogens is 817 g/mol. The molecule has 1 unspecified atom stereocenters. The summed E-state index contributed by atoms with van der Waals surface area (Å²) < 4.78 is 16.5. The van der Waals surface area contributed by atoms with Gasteiger partial charge in [-0.1, -0.05) is 62.0 Å². The number of azo groups is 2. The van der Waals surface area contributed by atoms with Crippen LogP contribution in [0.1, 0.15) is 77.9 Å². The number of anilines is 2. The number of rotatable bonds is 19. The van der Waals surface area contributed by atoms with Crippen molar-refractivity contribution in [2.45, 2.75) is 51.6 Å². The van der Waals surface area contributed by atoms with Crippen LogP contribution in [-0.2, 0) is 9.53 Å². The van der Waals surface area contributed by atoms with Crippen LogP contribution in [0.2, 0.25) is 0 Å². The Morgan fingerprint density at radius 3 is 1.86 bits per heavy atom. The first kappa shape index (κ1) is 43.7. The lowest BCUT2D eigenvalue weighted by molar-refractivity contribution is -0.137. The van der Waals surface area contributed by atoms with E-state index in [2.05, 4.69) is 27.4 Å². The summed E-state index contributed by atoms with van der Waals surface area (Å²) >= 11 is 0. The quantitative estimate of drug-likeness (QED) is 0.0203. The number of carbonyl (C=O) groups excluding carboxylic acids is 3. The lowest BCUT2D eigenvalue weighted by Gasteiger charge is -2.30. The lowest BCUT2D eigenvalue weighted by atomic mass is 10.0. The number of ether oxygens (including phenoxy) is 3. The Kier molecular flexibility index (Phi) is 14.0. The topological polar surface area (TPSA) is 152 Å². The number of Topliss-reactive ketones (excluding diaryl/α,β-unsaturated/α-hetero) is 1. The molecule has 0 amide bonds. The maximum Gasteiger partial charge on any atom is 0.343 e. The molecule has 0 bridgehead atoms. The zero-order chi connectivity index (χ0) is 45.0. The molecule has 0 aliphatic carbocycles. The first-order chi connectivity index (χ1) is 31.9. The van der Waals surface area contributed by atoms with Gasteiger partial charge in [0, 0.05) is 51.0 Å². The largest absolute Gasteiger partial charge is 0.494 e. The molecule has 8 rings (SSSR count). The molecule has 12 nitrogen and oxygen atoms in total. The molecule has 7 aromatic carbocycles. The molecule has 326 valence electrons. The van der Waals surface area contributed by atoms with Gasteiger partial charge in [0.15, 0.2) is 5.78 Å². The molecule has 0 spiro atoms. The van der Waals surface area contributed by atoms with Crippen molar-refractivity contribution in [3.63, 3.8) is 0 Å². The highest BCUT2D eigenvalue weighted by molar-refractivity contribution is 6.09. The fraction of sp³-hybridized carbons (Fsp3) is 0.189. The van der Waals surface area contributed by atoms with Crippen LogP contribution >= 0.6 is 0 Å². The number of hydrogen-bond donors (Lipinski definition) is 2. The molecule has 1 atom stereocenters. The van der Waals surface area contributed by atoms with E-state index >= 15 is 0 Å². The predicted molar refractivity (Wildman–Crippen MR) is 255 cm³/mol. The summed E-state index contributed by atoms with van der Waals surface area (Å²) in [6.07, 6.45) is 5.81. The van der Waals surface area contributed by atoms with Gasteiger partial charge < -0.3 is 24.8 Å². The normalized spacial score (nSPS) is 13.1. The van der Waals surface area contributed by atoms with E-state index in [-0.39, 0.29) is 11.9 Å². The van der Waals surface area contributed by atoms with Crippen molar-refractivity contribution in [3.05, 3.63) is 169 Å². The number of carbonyl (C=O) groups is 3. The van der Waals surface area contributed by atoms with E-state index < -0.39 is 11.9 Å². The van der Waals surface area contributed by atoms with E-state index in [9.17, 15) is 14.4 Å². The molecule has 1 heterocycles. The number of hydrogen-bond acceptors (Lipinski definition) is 12. The highest BCUT2D eigenvalue weighted by Gasteiger charge is 2.22. The molecule has 1 aliphatic rings. The Bertz CT molecular complexity index is 2880. The van der Waals surface area contributed by atoms with Crippen molar-refractivity contribution in [3.8, 4) is 11.5 Å². The van der Waals surface area contributed by atoms with Crippen molar-refractivity contribution in [1.82, 2.24) is 0 Å². The molecule has 0 saturated heterocycles. The van der Waals surface area contributed by atoms with Crippen molar-refractivity contribution < 1.29 is 28.6 Å². The van der Waals surface area contributed by atoms with Crippen LogP contribution in [0.4, 0.5) is 34.1 Å². The van der Waals surface area contributed by atoms with E-state index in [4.69, 9.17) is 24.4 Å². The van der Waals surface area contributed by atoms with Gasteiger partial charge in [-0.05, 0) is 129 Å². The number of ketones is 1. The second-order valence-electron chi connectivity index (χ2n) is 15.5. The molecule has 0 fully saturated rings. The van der Waals surface area contributed by atoms with Gasteiger partial charge in [-0.3, -0.25) is 4.79 Å². The average molecular weight is 865 g/mol. The summed E-state index contributed by atoms with van der Waals surface area (Å²) in [6, 6.07) is 43.3. The van der Waals surface area contributed by atoms with Crippen molar-refractivity contribution in [2.24, 2.45) is 20.5 Å². The van der Waals surface area contributed by atoms with Crippen LogP contribution in [0.5, 0.6) is 11.5 Å². The van der Waals surface area contributed by atoms with Gasteiger partial charge in [0.25, 0.3) is 0 Å². The van der Waals surface area contributed by atoms with Crippen LogP contribution in [0.15, 0.2) is 173 Å². The van der Waals surface area contributed by atoms with E-state index in [1.165, 1.54) is 6.08 Å². The Labute approximate surface area is 377 Å². The summed E-state index contributed by atoms with van der Waals surface area (Å²) in [4.78, 5) is 36.3. The molecular formula is C53H48N6O6. The van der Waals surface area contributed by atoms with Crippen molar-refractivity contribution >= 4 is 73.4 Å². The number of nitrogens with zero attached hydrogens (tertiary/aromatic N) is 4. The van der Waals surface area contributed by atoms with Crippen LogP contribution in [0.3, 0.4) is 0 Å². The van der Waals surface area contributed by atoms with Gasteiger partial charge in [-0.2, -0.15) is 5.11 Å². The number of benzene rings is 7. The molecule has 7 aromatic rings. The number of nitrogens with one attached hydrogen (secondary N) is 2. The van der Waals surface area contributed by atoms with Gasteiger partial charge in [0.05, 0.1) is 41.5 Å². The minimum Gasteiger partial charge on any atom is -0.494 e. The predicted octanol–water partition coefficient (Wildman–Crippen LogP) is 14.2. The third-order valence-electron chi connectivity index (χ3n) is 10.9. The first-order valence-electron chi connectivity index (χ1n) is 21.8. The summed E-state index contributed by atoms with van der Waals surface area (Å²) in [5, 5.41) is 29.4. The van der Waals surface area contributed by atoms with E-state index in [0.717, 1.165) is 76.3 Å². The molecule has 12 heteroatoms. The third kappa shape index (κ3) is 10.8. The summed E-state index contributed by atoms with van der Waals surface area (Å²) in [6.45, 7) is 6.32. The molecule has 0 aromatic heterocycles. The van der Waals surface area contributed by atoms with Crippen LogP contribution in [0.25, 0.3) is 21.5 Å². The minimum absolute atomic E-state index is 0.124. The van der Waals surface area contributed by atoms with E-state index in [1.54, 1.807) is 48.5 Å². The minimum atomic E-state index is -0.461. The zero-order valence-corrected chi connectivity index (χ0v) is 36.0. The van der Waals surface area contributed by atoms with Gasteiger partial charge in [-0.25, -0.2) is 9.59 Å². The highest BCUT2D eigenvalue weighted by atomic mass is 16.5. The van der Waals surface area contributed by atoms with Gasteiger partial charge in [0.2, 0.25) is 0 Å². The standard InChI is InChI=1S/C53H48N6O6/c1-3-12-49(60)35-17-23-38(24-18-35)56-57-44-29-30-45(42-14-8-7-13-41(42)44)58-59-46-31-32-48-51-43(46)15-11-16-47(51)54-52(55-48)36-19-27-40(28-20-36)65-53(62)37-21-25-39(26-22-37)63-33-9-5-6-10-34-64-50(61)4-2/h4,7-8,11,13-32,52,54-55H,2-3,5-6,9-10,12,33-34H2,1H3. The van der Waals surface area contributed by atoms with Gasteiger partial charge >= 0.3 is 11.9 Å². The third-order valence-corrected chi connectivity index (χ3v) is 10.9. The fourth-order valence-corrected chi connectivity index (χ4v) is 7.54. The monoisotopic (exact) mass is 864 g/mol. The van der Waals surface area contributed by atoms with Crippen molar-refractivity contribution in [2.75, 3.05) is 23.8 Å². The van der Waals surface area contributed by atoms with E-state index in [0.29, 0.717) is 59.3 Å². The van der Waals surface area contributed by atoms with Crippen LogP contribution < -0.4 is 20.1 Å². The number of unbranched alkanes of at least 4 members (excludes halogenated alkanes) is 3. The summed E-state index contributed by atoms with van der Waals surface area (Å²) in [5.74, 6) is 0.371. The Hall–Kier alpha value is -7.99. The molecule has 65 heavy (non-hydrogen) atoms. The number of esters is 2. The summed E-state index contributed by atoms with van der Waals surface area (Å²) in [7, 11) is 0. The highest BCUT2D eigenvalue weighted by Crippen LogP contribution is 2.43. The SMILES string of the molecule is C=CC(=O)OCCCCCCOc1ccc(C(=O)Oc2ccc(C3Nc4cccc5c(N=Nc6ccc(N=Nc7ccc(C(=O)CCC)cc7)c7ccccc67)ccc(c45)N3)cc2)cc1. The van der Waals surface area contributed by atoms with E-state index in [1.807, 2.05) is 97.9 Å².